The maximum Gasteiger partial charge on any atom is 0.323 e. The Morgan fingerprint density at radius 3 is 2.64 bits per heavy atom. The average molecular weight is 333 g/mol. The minimum Gasteiger partial charge on any atom is -0.308 e. The molecule has 0 saturated heterocycles. The Kier molecular flexibility index (Phi) is 3.95. The van der Waals surface area contributed by atoms with Crippen LogP contribution in [0.1, 0.15) is 16.7 Å². The summed E-state index contributed by atoms with van der Waals surface area (Å²) >= 11 is 0. The van der Waals surface area contributed by atoms with E-state index in [0.29, 0.717) is 13.1 Å². The predicted octanol–water partition coefficient (Wildman–Crippen LogP) is 2.84. The van der Waals surface area contributed by atoms with Gasteiger partial charge in [-0.05, 0) is 30.2 Å². The molecule has 0 radical (unpaired) electrons. The molecule has 2 aromatic carbocycles. The number of aromatic nitrogens is 4. The van der Waals surface area contributed by atoms with Crippen LogP contribution in [0.2, 0.25) is 0 Å². The van der Waals surface area contributed by atoms with Gasteiger partial charge >= 0.3 is 5.69 Å². The first kappa shape index (κ1) is 15.4. The smallest absolute Gasteiger partial charge is 0.308 e. The van der Waals surface area contributed by atoms with Gasteiger partial charge in [-0.3, -0.25) is 5.10 Å². The Balaban J connectivity index is 1.45. The Bertz CT molecular complexity index is 1060. The molecular weight excluding hydrogens is 314 g/mol. The molecule has 2 aromatic heterocycles. The molecule has 0 aliphatic heterocycles. The minimum absolute atomic E-state index is 0.179. The number of H-pyrrole nitrogens is 3. The molecule has 4 rings (SSSR count). The van der Waals surface area contributed by atoms with Crippen molar-refractivity contribution in [1.82, 2.24) is 25.5 Å². The van der Waals surface area contributed by atoms with Crippen molar-refractivity contribution in [2.75, 3.05) is 0 Å². The van der Waals surface area contributed by atoms with Gasteiger partial charge in [0.25, 0.3) is 0 Å². The van der Waals surface area contributed by atoms with E-state index in [0.717, 1.165) is 33.4 Å². The fourth-order valence-electron chi connectivity index (χ4n) is 2.95. The summed E-state index contributed by atoms with van der Waals surface area (Å²) in [4.78, 5) is 16.9. The Labute approximate surface area is 144 Å². The number of aryl methyl sites for hydroxylation is 1. The van der Waals surface area contributed by atoms with Gasteiger partial charge in [0.2, 0.25) is 0 Å². The first-order valence-electron chi connectivity index (χ1n) is 8.20. The summed E-state index contributed by atoms with van der Waals surface area (Å²) in [7, 11) is 0. The zero-order chi connectivity index (χ0) is 17.2. The maximum atomic E-state index is 11.3. The van der Waals surface area contributed by atoms with E-state index in [1.165, 1.54) is 5.56 Å². The summed E-state index contributed by atoms with van der Waals surface area (Å²) in [6.45, 7) is 3.50. The minimum atomic E-state index is -0.179. The summed E-state index contributed by atoms with van der Waals surface area (Å²) in [6.07, 6.45) is 1.86. The van der Waals surface area contributed by atoms with E-state index in [9.17, 15) is 4.79 Å². The molecule has 0 atom stereocenters. The van der Waals surface area contributed by atoms with E-state index in [-0.39, 0.29) is 5.69 Å². The fourth-order valence-corrected chi connectivity index (χ4v) is 2.95. The molecule has 126 valence electrons. The van der Waals surface area contributed by atoms with Crippen LogP contribution in [0.25, 0.3) is 22.3 Å². The number of hydrogen-bond acceptors (Lipinski definition) is 3. The molecule has 0 unspecified atom stereocenters. The van der Waals surface area contributed by atoms with Crippen LogP contribution < -0.4 is 11.0 Å². The molecular formula is C19H19N5O. The SMILES string of the molecule is Cc1ccc(-c2[nH]ncc2CNCc2ccc3[nH]c(=O)[nH]c3c2)cc1. The third kappa shape index (κ3) is 3.25. The van der Waals surface area contributed by atoms with E-state index in [1.54, 1.807) is 0 Å². The Hall–Kier alpha value is -3.12. The van der Waals surface area contributed by atoms with Gasteiger partial charge in [0, 0.05) is 18.7 Å². The third-order valence-electron chi connectivity index (χ3n) is 4.28. The number of nitrogens with zero attached hydrogens (tertiary/aromatic N) is 1. The molecule has 2 heterocycles. The molecule has 25 heavy (non-hydrogen) atoms. The lowest BCUT2D eigenvalue weighted by molar-refractivity contribution is 0.695. The van der Waals surface area contributed by atoms with Crippen LogP contribution in [0.5, 0.6) is 0 Å². The molecule has 0 aliphatic rings. The average Bonchev–Trinajstić information content (AvgIpc) is 3.21. The number of imidazole rings is 1. The first-order chi connectivity index (χ1) is 12.2. The van der Waals surface area contributed by atoms with Gasteiger partial charge in [-0.15, -0.1) is 0 Å². The van der Waals surface area contributed by atoms with Crippen molar-refractivity contribution in [3.63, 3.8) is 0 Å². The van der Waals surface area contributed by atoms with Crippen LogP contribution in [0.4, 0.5) is 0 Å². The summed E-state index contributed by atoms with van der Waals surface area (Å²) in [5.41, 5.74) is 7.12. The first-order valence-corrected chi connectivity index (χ1v) is 8.20. The lowest BCUT2D eigenvalue weighted by atomic mass is 10.1. The summed E-state index contributed by atoms with van der Waals surface area (Å²) in [6, 6.07) is 14.3. The topological polar surface area (TPSA) is 89.4 Å². The standard InChI is InChI=1S/C19H19N5O/c1-12-2-5-14(6-3-12)18-15(11-21-24-18)10-20-9-13-4-7-16-17(8-13)23-19(25)22-16/h2-8,11,20H,9-10H2,1H3,(H,21,24)(H2,22,23,25). The van der Waals surface area contributed by atoms with Crippen LogP contribution in [0.15, 0.2) is 53.5 Å². The normalized spacial score (nSPS) is 11.2. The summed E-state index contributed by atoms with van der Waals surface area (Å²) in [5, 5.41) is 10.7. The fraction of sp³-hybridized carbons (Fsp3) is 0.158. The van der Waals surface area contributed by atoms with Crippen molar-refractivity contribution >= 4 is 11.0 Å². The van der Waals surface area contributed by atoms with E-state index in [2.05, 4.69) is 56.7 Å². The van der Waals surface area contributed by atoms with Crippen molar-refractivity contribution in [3.8, 4) is 11.3 Å². The van der Waals surface area contributed by atoms with Crippen molar-refractivity contribution in [3.05, 3.63) is 75.8 Å². The number of benzene rings is 2. The zero-order valence-electron chi connectivity index (χ0n) is 13.9. The molecule has 0 fully saturated rings. The van der Waals surface area contributed by atoms with Gasteiger partial charge in [0.05, 0.1) is 22.9 Å². The van der Waals surface area contributed by atoms with E-state index < -0.39 is 0 Å². The Morgan fingerprint density at radius 2 is 1.80 bits per heavy atom. The molecule has 0 saturated carbocycles. The molecule has 0 bridgehead atoms. The predicted molar refractivity (Wildman–Crippen MR) is 98.2 cm³/mol. The highest BCUT2D eigenvalue weighted by molar-refractivity contribution is 5.75. The number of fused-ring (bicyclic) bond motifs is 1. The van der Waals surface area contributed by atoms with Crippen LogP contribution in [0, 0.1) is 6.92 Å². The molecule has 0 spiro atoms. The lowest BCUT2D eigenvalue weighted by Gasteiger charge is -2.07. The third-order valence-corrected chi connectivity index (χ3v) is 4.28. The van der Waals surface area contributed by atoms with Crippen molar-refractivity contribution < 1.29 is 0 Å². The van der Waals surface area contributed by atoms with Crippen LogP contribution in [-0.4, -0.2) is 20.2 Å². The Morgan fingerprint density at radius 1 is 1.00 bits per heavy atom. The summed E-state index contributed by atoms with van der Waals surface area (Å²) < 4.78 is 0. The quantitative estimate of drug-likeness (QED) is 0.453. The van der Waals surface area contributed by atoms with Crippen LogP contribution in [0.3, 0.4) is 0 Å². The second-order valence-corrected chi connectivity index (χ2v) is 6.20. The number of hydrogen-bond donors (Lipinski definition) is 4. The second kappa shape index (κ2) is 6.41. The molecule has 6 heteroatoms. The van der Waals surface area contributed by atoms with Gasteiger partial charge in [-0.2, -0.15) is 5.10 Å². The summed E-state index contributed by atoms with van der Waals surface area (Å²) in [5.74, 6) is 0. The zero-order valence-corrected chi connectivity index (χ0v) is 13.9. The molecule has 4 N–H and O–H groups in total. The number of nitrogens with one attached hydrogen (secondary N) is 4. The van der Waals surface area contributed by atoms with Gasteiger partial charge in [-0.1, -0.05) is 35.9 Å². The van der Waals surface area contributed by atoms with Gasteiger partial charge in [-0.25, -0.2) is 4.79 Å². The largest absolute Gasteiger partial charge is 0.323 e. The highest BCUT2D eigenvalue weighted by atomic mass is 16.1. The van der Waals surface area contributed by atoms with Crippen molar-refractivity contribution in [2.24, 2.45) is 0 Å². The number of rotatable bonds is 5. The van der Waals surface area contributed by atoms with E-state index in [4.69, 9.17) is 0 Å². The van der Waals surface area contributed by atoms with Crippen LogP contribution in [-0.2, 0) is 13.1 Å². The van der Waals surface area contributed by atoms with Gasteiger partial charge < -0.3 is 15.3 Å². The van der Waals surface area contributed by atoms with Crippen LogP contribution >= 0.6 is 0 Å². The monoisotopic (exact) mass is 333 g/mol. The van der Waals surface area contributed by atoms with Gasteiger partial charge in [0.15, 0.2) is 0 Å². The van der Waals surface area contributed by atoms with Crippen molar-refractivity contribution in [2.45, 2.75) is 20.0 Å². The molecule has 6 nitrogen and oxygen atoms in total. The highest BCUT2D eigenvalue weighted by Crippen LogP contribution is 2.21. The van der Waals surface area contributed by atoms with E-state index >= 15 is 0 Å². The highest BCUT2D eigenvalue weighted by Gasteiger charge is 2.07. The van der Waals surface area contributed by atoms with E-state index in [1.807, 2.05) is 24.4 Å². The van der Waals surface area contributed by atoms with Crippen molar-refractivity contribution in [1.29, 1.82) is 0 Å². The maximum absolute atomic E-state index is 11.3. The molecule has 0 amide bonds. The molecule has 0 aliphatic carbocycles. The second-order valence-electron chi connectivity index (χ2n) is 6.20. The number of aromatic amines is 3. The lowest BCUT2D eigenvalue weighted by Crippen LogP contribution is -2.12. The van der Waals surface area contributed by atoms with Gasteiger partial charge in [0.1, 0.15) is 0 Å². The molecule has 4 aromatic rings.